The Labute approximate surface area is 109 Å². The number of alkyl halides is 1. The third kappa shape index (κ3) is 2.74. The monoisotopic (exact) mass is 253 g/mol. The van der Waals surface area contributed by atoms with Gasteiger partial charge in [0.05, 0.1) is 11.7 Å². The van der Waals surface area contributed by atoms with Crippen LogP contribution >= 0.6 is 0 Å². The second-order valence-corrected chi connectivity index (χ2v) is 5.80. The number of rotatable bonds is 5. The van der Waals surface area contributed by atoms with Crippen molar-refractivity contribution < 1.29 is 4.39 Å². The molecule has 1 aromatic rings. The zero-order valence-electron chi connectivity index (χ0n) is 11.4. The highest BCUT2D eigenvalue weighted by atomic mass is 19.1. The van der Waals surface area contributed by atoms with E-state index in [0.29, 0.717) is 12.5 Å². The molecule has 0 saturated heterocycles. The highest BCUT2D eigenvalue weighted by Crippen LogP contribution is 2.30. The Morgan fingerprint density at radius 3 is 2.72 bits per heavy atom. The van der Waals surface area contributed by atoms with Crippen LogP contribution in [0.1, 0.15) is 51.3 Å². The van der Waals surface area contributed by atoms with Crippen molar-refractivity contribution in [1.29, 1.82) is 0 Å². The van der Waals surface area contributed by atoms with Gasteiger partial charge in [-0.05, 0) is 24.8 Å². The summed E-state index contributed by atoms with van der Waals surface area (Å²) in [6, 6.07) is 2.45. The van der Waals surface area contributed by atoms with Crippen LogP contribution in [0.2, 0.25) is 0 Å². The maximum absolute atomic E-state index is 14.5. The molecule has 1 heterocycles. The minimum atomic E-state index is -1.34. The first-order valence-electron chi connectivity index (χ1n) is 6.98. The minimum absolute atomic E-state index is 0.0565. The van der Waals surface area contributed by atoms with Gasteiger partial charge in [0.25, 0.3) is 0 Å². The van der Waals surface area contributed by atoms with Gasteiger partial charge in [-0.2, -0.15) is 5.10 Å². The molecule has 0 aromatic carbocycles. The highest BCUT2D eigenvalue weighted by molar-refractivity contribution is 5.06. The smallest absolute Gasteiger partial charge is 0.131 e. The van der Waals surface area contributed by atoms with E-state index in [1.54, 1.807) is 0 Å². The summed E-state index contributed by atoms with van der Waals surface area (Å²) in [5.41, 5.74) is 5.06. The van der Waals surface area contributed by atoms with Crippen molar-refractivity contribution in [3.63, 3.8) is 0 Å². The summed E-state index contributed by atoms with van der Waals surface area (Å²) < 4.78 is 16.6. The van der Waals surface area contributed by atoms with E-state index in [4.69, 9.17) is 5.73 Å². The normalized spacial score (nSPS) is 20.5. The number of halogens is 1. The quantitative estimate of drug-likeness (QED) is 0.877. The molecule has 0 aliphatic heterocycles. The molecule has 0 radical (unpaired) electrons. The molecule has 1 aromatic heterocycles. The fraction of sp³-hybridized carbons (Fsp3) is 0.786. The molecular weight excluding hydrogens is 229 g/mol. The third-order valence-corrected chi connectivity index (χ3v) is 4.21. The minimum Gasteiger partial charge on any atom is -0.328 e. The van der Waals surface area contributed by atoms with Gasteiger partial charge >= 0.3 is 0 Å². The number of nitrogens with two attached hydrogens (primary N) is 1. The number of aromatic nitrogens is 2. The van der Waals surface area contributed by atoms with Gasteiger partial charge in [0.1, 0.15) is 5.67 Å². The van der Waals surface area contributed by atoms with Crippen LogP contribution in [-0.2, 0) is 6.42 Å². The van der Waals surface area contributed by atoms with Crippen LogP contribution in [-0.4, -0.2) is 22.0 Å². The number of nitrogens with zero attached hydrogens (tertiary/aromatic N) is 2. The molecular formula is C14H24FN3. The van der Waals surface area contributed by atoms with Crippen LogP contribution in [0, 0.1) is 5.92 Å². The third-order valence-electron chi connectivity index (χ3n) is 4.21. The number of hydrogen-bond donors (Lipinski definition) is 1. The topological polar surface area (TPSA) is 43.8 Å². The molecule has 102 valence electrons. The SMILES string of the molecule is CC(C)C(F)(CN)Cc1ccn(C2CCCC2)n1. The molecule has 0 bridgehead atoms. The lowest BCUT2D eigenvalue weighted by Gasteiger charge is -2.26. The molecule has 3 nitrogen and oxygen atoms in total. The van der Waals surface area contributed by atoms with E-state index in [1.807, 2.05) is 30.8 Å². The number of hydrogen-bond acceptors (Lipinski definition) is 2. The Morgan fingerprint density at radius 1 is 1.50 bits per heavy atom. The van der Waals surface area contributed by atoms with E-state index in [9.17, 15) is 4.39 Å². The van der Waals surface area contributed by atoms with Gasteiger partial charge in [-0.1, -0.05) is 26.7 Å². The Bertz CT molecular complexity index is 382. The van der Waals surface area contributed by atoms with Crippen LogP contribution in [0.4, 0.5) is 4.39 Å². The van der Waals surface area contributed by atoms with E-state index in [-0.39, 0.29) is 12.5 Å². The lowest BCUT2D eigenvalue weighted by atomic mass is 9.88. The molecule has 2 rings (SSSR count). The molecule has 1 aliphatic carbocycles. The maximum Gasteiger partial charge on any atom is 0.131 e. The molecule has 1 unspecified atom stereocenters. The Hall–Kier alpha value is -0.900. The summed E-state index contributed by atoms with van der Waals surface area (Å²) in [5, 5.41) is 4.53. The van der Waals surface area contributed by atoms with Crippen LogP contribution < -0.4 is 5.73 Å². The fourth-order valence-corrected chi connectivity index (χ4v) is 2.66. The van der Waals surface area contributed by atoms with E-state index in [2.05, 4.69) is 5.10 Å². The largest absolute Gasteiger partial charge is 0.328 e. The van der Waals surface area contributed by atoms with E-state index < -0.39 is 5.67 Å². The van der Waals surface area contributed by atoms with Crippen molar-refractivity contribution in [3.05, 3.63) is 18.0 Å². The standard InChI is InChI=1S/C14H24FN3/c1-11(2)14(15,10-16)9-12-7-8-18(17-12)13-5-3-4-6-13/h7-8,11,13H,3-6,9-10,16H2,1-2H3. The van der Waals surface area contributed by atoms with Crippen LogP contribution in [0.25, 0.3) is 0 Å². The van der Waals surface area contributed by atoms with Crippen molar-refractivity contribution >= 4 is 0 Å². The van der Waals surface area contributed by atoms with Gasteiger partial charge in [-0.25, -0.2) is 4.39 Å². The summed E-state index contributed by atoms with van der Waals surface area (Å²) in [4.78, 5) is 0. The van der Waals surface area contributed by atoms with E-state index in [1.165, 1.54) is 25.7 Å². The Morgan fingerprint density at radius 2 is 2.17 bits per heavy atom. The molecule has 1 aliphatic rings. The maximum atomic E-state index is 14.5. The van der Waals surface area contributed by atoms with Gasteiger partial charge in [0, 0.05) is 19.2 Å². The molecule has 2 N–H and O–H groups in total. The summed E-state index contributed by atoms with van der Waals surface area (Å²) in [6.07, 6.45) is 7.26. The van der Waals surface area contributed by atoms with Gasteiger partial charge in [0.15, 0.2) is 0 Å². The lowest BCUT2D eigenvalue weighted by Crippen LogP contribution is -2.40. The first kappa shape index (κ1) is 13.5. The van der Waals surface area contributed by atoms with Crippen molar-refractivity contribution in [2.24, 2.45) is 11.7 Å². The Kier molecular flexibility index (Phi) is 4.05. The average Bonchev–Trinajstić information content (AvgIpc) is 2.97. The molecule has 0 spiro atoms. The van der Waals surface area contributed by atoms with Crippen molar-refractivity contribution in [2.45, 2.75) is 57.7 Å². The van der Waals surface area contributed by atoms with Crippen LogP contribution in [0.5, 0.6) is 0 Å². The van der Waals surface area contributed by atoms with E-state index >= 15 is 0 Å². The zero-order valence-corrected chi connectivity index (χ0v) is 11.4. The second kappa shape index (κ2) is 5.39. The zero-order chi connectivity index (χ0) is 13.2. The molecule has 1 atom stereocenters. The average molecular weight is 253 g/mol. The first-order valence-corrected chi connectivity index (χ1v) is 6.98. The molecule has 1 saturated carbocycles. The van der Waals surface area contributed by atoms with Gasteiger partial charge in [-0.15, -0.1) is 0 Å². The van der Waals surface area contributed by atoms with Gasteiger partial charge in [0.2, 0.25) is 0 Å². The molecule has 18 heavy (non-hydrogen) atoms. The molecule has 1 fully saturated rings. The summed E-state index contributed by atoms with van der Waals surface area (Å²) >= 11 is 0. The first-order chi connectivity index (χ1) is 8.55. The van der Waals surface area contributed by atoms with Gasteiger partial charge < -0.3 is 5.73 Å². The summed E-state index contributed by atoms with van der Waals surface area (Å²) in [7, 11) is 0. The second-order valence-electron chi connectivity index (χ2n) is 5.80. The van der Waals surface area contributed by atoms with Crippen molar-refractivity contribution in [3.8, 4) is 0 Å². The van der Waals surface area contributed by atoms with Crippen molar-refractivity contribution in [1.82, 2.24) is 9.78 Å². The highest BCUT2D eigenvalue weighted by Gasteiger charge is 2.33. The molecule has 0 amide bonds. The van der Waals surface area contributed by atoms with Crippen LogP contribution in [0.15, 0.2) is 12.3 Å². The lowest BCUT2D eigenvalue weighted by molar-refractivity contribution is 0.109. The summed E-state index contributed by atoms with van der Waals surface area (Å²) in [6.45, 7) is 3.81. The van der Waals surface area contributed by atoms with Crippen LogP contribution in [0.3, 0.4) is 0 Å². The Balaban J connectivity index is 2.05. The van der Waals surface area contributed by atoms with Crippen molar-refractivity contribution in [2.75, 3.05) is 6.54 Å². The van der Waals surface area contributed by atoms with Gasteiger partial charge in [-0.3, -0.25) is 4.68 Å². The van der Waals surface area contributed by atoms with E-state index in [0.717, 1.165) is 5.69 Å². The predicted octanol–water partition coefficient (Wildman–Crippen LogP) is 2.86. The fourth-order valence-electron chi connectivity index (χ4n) is 2.66. The predicted molar refractivity (Wildman–Crippen MR) is 71.2 cm³/mol. The molecule has 4 heteroatoms. The summed E-state index contributed by atoms with van der Waals surface area (Å²) in [5.74, 6) is -0.0841.